The fourth-order valence-electron chi connectivity index (χ4n) is 4.02. The number of benzene rings is 2. The average Bonchev–Trinajstić information content (AvgIpc) is 2.78. The third kappa shape index (κ3) is 4.93. The van der Waals surface area contributed by atoms with E-state index in [0.29, 0.717) is 30.2 Å². The quantitative estimate of drug-likeness (QED) is 0.508. The summed E-state index contributed by atoms with van der Waals surface area (Å²) < 4.78 is 5.69. The molecule has 1 aromatic heterocycles. The number of hydrogen-bond acceptors (Lipinski definition) is 4. The van der Waals surface area contributed by atoms with Crippen LogP contribution in [0.2, 0.25) is 5.02 Å². The molecular weight excluding hydrogens is 410 g/mol. The zero-order chi connectivity index (χ0) is 21.8. The van der Waals surface area contributed by atoms with Crippen molar-refractivity contribution < 1.29 is 9.53 Å². The van der Waals surface area contributed by atoms with Crippen LogP contribution in [0.4, 0.5) is 5.82 Å². The Morgan fingerprint density at radius 3 is 2.58 bits per heavy atom. The van der Waals surface area contributed by atoms with Gasteiger partial charge in [0.25, 0.3) is 0 Å². The Kier molecular flexibility index (Phi) is 6.62. The molecule has 162 valence electrons. The Balaban J connectivity index is 1.28. The number of hydrogen-bond donors (Lipinski definition) is 0. The molecule has 0 spiro atoms. The van der Waals surface area contributed by atoms with Gasteiger partial charge < -0.3 is 14.5 Å². The van der Waals surface area contributed by atoms with E-state index in [0.717, 1.165) is 37.5 Å². The first kappa shape index (κ1) is 21.4. The van der Waals surface area contributed by atoms with Gasteiger partial charge in [0.05, 0.1) is 17.1 Å². The van der Waals surface area contributed by atoms with E-state index in [2.05, 4.69) is 43.0 Å². The monoisotopic (exact) mass is 437 g/mol. The van der Waals surface area contributed by atoms with E-state index in [-0.39, 0.29) is 5.91 Å². The van der Waals surface area contributed by atoms with Crippen LogP contribution in [0, 0.1) is 13.8 Å². The summed E-state index contributed by atoms with van der Waals surface area (Å²) in [6.07, 6.45) is 1.16. The number of pyridine rings is 1. The fourth-order valence-corrected chi connectivity index (χ4v) is 4.21. The molecule has 2 heterocycles. The van der Waals surface area contributed by atoms with Crippen molar-refractivity contribution in [2.24, 2.45) is 0 Å². The van der Waals surface area contributed by atoms with Gasteiger partial charge in [-0.15, -0.1) is 0 Å². The van der Waals surface area contributed by atoms with Crippen LogP contribution < -0.4 is 9.64 Å². The van der Waals surface area contributed by atoms with E-state index in [1.807, 2.05) is 23.1 Å². The summed E-state index contributed by atoms with van der Waals surface area (Å²) in [7, 11) is 0. The van der Waals surface area contributed by atoms with E-state index < -0.39 is 0 Å². The molecule has 0 unspecified atom stereocenters. The Labute approximate surface area is 188 Å². The number of anilines is 1. The lowest BCUT2D eigenvalue weighted by molar-refractivity contribution is -0.131. The van der Waals surface area contributed by atoms with Crippen molar-refractivity contribution >= 4 is 34.2 Å². The average molecular weight is 438 g/mol. The molecule has 0 saturated carbocycles. The number of aryl methyl sites for hydroxylation is 2. The number of piperazine rings is 1. The molecular formula is C25H28ClN3O2. The summed E-state index contributed by atoms with van der Waals surface area (Å²) in [5.74, 6) is 1.85. The Morgan fingerprint density at radius 2 is 1.81 bits per heavy atom. The van der Waals surface area contributed by atoms with E-state index in [4.69, 9.17) is 21.3 Å². The second kappa shape index (κ2) is 9.56. The van der Waals surface area contributed by atoms with Gasteiger partial charge in [-0.1, -0.05) is 41.9 Å². The molecule has 5 nitrogen and oxygen atoms in total. The van der Waals surface area contributed by atoms with Gasteiger partial charge in [0.2, 0.25) is 5.91 Å². The van der Waals surface area contributed by atoms with E-state index in [9.17, 15) is 4.79 Å². The summed E-state index contributed by atoms with van der Waals surface area (Å²) in [5.41, 5.74) is 3.49. The molecule has 0 N–H and O–H groups in total. The van der Waals surface area contributed by atoms with Crippen molar-refractivity contribution in [1.82, 2.24) is 9.88 Å². The first-order valence-corrected chi connectivity index (χ1v) is 11.2. The smallest absolute Gasteiger partial charge is 0.222 e. The number of fused-ring (bicyclic) bond motifs is 1. The summed E-state index contributed by atoms with van der Waals surface area (Å²) in [4.78, 5) is 21.8. The maximum Gasteiger partial charge on any atom is 0.222 e. The van der Waals surface area contributed by atoms with Crippen LogP contribution in [-0.2, 0) is 4.79 Å². The van der Waals surface area contributed by atoms with Gasteiger partial charge in [0.1, 0.15) is 11.6 Å². The molecule has 0 bridgehead atoms. The molecule has 1 fully saturated rings. The number of aromatic nitrogens is 1. The molecule has 3 aromatic rings. The van der Waals surface area contributed by atoms with Crippen molar-refractivity contribution in [3.8, 4) is 5.75 Å². The van der Waals surface area contributed by atoms with Gasteiger partial charge >= 0.3 is 0 Å². The summed E-state index contributed by atoms with van der Waals surface area (Å²) in [5, 5.41) is 1.80. The number of amides is 1. The van der Waals surface area contributed by atoms with Crippen molar-refractivity contribution in [3.63, 3.8) is 0 Å². The third-order valence-corrected chi connectivity index (χ3v) is 6.13. The number of para-hydroxylation sites is 2. The Bertz CT molecular complexity index is 1080. The van der Waals surface area contributed by atoms with E-state index in [1.165, 1.54) is 16.5 Å². The van der Waals surface area contributed by atoms with Gasteiger partial charge in [-0.2, -0.15) is 0 Å². The van der Waals surface area contributed by atoms with Crippen molar-refractivity contribution in [2.45, 2.75) is 26.7 Å². The number of rotatable bonds is 6. The summed E-state index contributed by atoms with van der Waals surface area (Å²) in [6.45, 7) is 7.75. The first-order valence-electron chi connectivity index (χ1n) is 10.8. The molecule has 2 aromatic carbocycles. The molecule has 1 aliphatic heterocycles. The zero-order valence-corrected chi connectivity index (χ0v) is 18.9. The highest BCUT2D eigenvalue weighted by Crippen LogP contribution is 2.26. The van der Waals surface area contributed by atoms with Crippen molar-refractivity contribution in [1.29, 1.82) is 0 Å². The highest BCUT2D eigenvalue weighted by Gasteiger charge is 2.22. The van der Waals surface area contributed by atoms with Crippen LogP contribution in [0.5, 0.6) is 5.75 Å². The molecule has 4 rings (SSSR count). The van der Waals surface area contributed by atoms with Gasteiger partial charge in [-0.3, -0.25) is 4.79 Å². The predicted octanol–water partition coefficient (Wildman–Crippen LogP) is 5.01. The fraction of sp³-hybridized carbons (Fsp3) is 0.360. The van der Waals surface area contributed by atoms with Gasteiger partial charge in [-0.05, 0) is 49.6 Å². The van der Waals surface area contributed by atoms with Crippen LogP contribution in [0.25, 0.3) is 10.9 Å². The second-order valence-electron chi connectivity index (χ2n) is 8.02. The molecule has 6 heteroatoms. The van der Waals surface area contributed by atoms with Crippen molar-refractivity contribution in [3.05, 3.63) is 64.7 Å². The lowest BCUT2D eigenvalue weighted by atomic mass is 10.1. The molecule has 0 radical (unpaired) electrons. The molecule has 1 amide bonds. The molecule has 1 aliphatic rings. The van der Waals surface area contributed by atoms with Crippen LogP contribution in [0.3, 0.4) is 0 Å². The first-order chi connectivity index (χ1) is 15.0. The standard InChI is InChI=1S/C25H28ClN3O2/c1-18-7-5-8-20-19(2)17-23(27-25(18)20)28-12-14-29(15-13-28)24(30)11-6-16-31-22-10-4-3-9-21(22)26/h3-5,7-10,17H,6,11-16H2,1-2H3. The highest BCUT2D eigenvalue weighted by atomic mass is 35.5. The lowest BCUT2D eigenvalue weighted by Crippen LogP contribution is -2.49. The predicted molar refractivity (Wildman–Crippen MR) is 126 cm³/mol. The Hall–Kier alpha value is -2.79. The summed E-state index contributed by atoms with van der Waals surface area (Å²) in [6, 6.07) is 15.9. The van der Waals surface area contributed by atoms with Crippen molar-refractivity contribution in [2.75, 3.05) is 37.7 Å². The molecule has 31 heavy (non-hydrogen) atoms. The summed E-state index contributed by atoms with van der Waals surface area (Å²) >= 11 is 6.09. The van der Waals surface area contributed by atoms with Crippen LogP contribution in [-0.4, -0.2) is 48.6 Å². The molecule has 0 atom stereocenters. The number of nitrogens with zero attached hydrogens (tertiary/aromatic N) is 3. The normalized spacial score (nSPS) is 14.2. The number of ether oxygens (including phenoxy) is 1. The van der Waals surface area contributed by atoms with Crippen LogP contribution >= 0.6 is 11.6 Å². The number of carbonyl (C=O) groups excluding carboxylic acids is 1. The lowest BCUT2D eigenvalue weighted by Gasteiger charge is -2.35. The third-order valence-electron chi connectivity index (χ3n) is 5.82. The van der Waals surface area contributed by atoms with Gasteiger partial charge in [0.15, 0.2) is 0 Å². The van der Waals surface area contributed by atoms with E-state index in [1.54, 1.807) is 6.07 Å². The largest absolute Gasteiger partial charge is 0.492 e. The minimum atomic E-state index is 0.181. The minimum Gasteiger partial charge on any atom is -0.492 e. The van der Waals surface area contributed by atoms with Crippen LogP contribution in [0.1, 0.15) is 24.0 Å². The number of halogens is 1. The van der Waals surface area contributed by atoms with Gasteiger partial charge in [0, 0.05) is 38.0 Å². The topological polar surface area (TPSA) is 45.7 Å². The maximum atomic E-state index is 12.6. The highest BCUT2D eigenvalue weighted by molar-refractivity contribution is 6.32. The zero-order valence-electron chi connectivity index (χ0n) is 18.1. The van der Waals surface area contributed by atoms with Crippen LogP contribution in [0.15, 0.2) is 48.5 Å². The molecule has 1 saturated heterocycles. The Morgan fingerprint density at radius 1 is 1.03 bits per heavy atom. The van der Waals surface area contributed by atoms with E-state index >= 15 is 0 Å². The second-order valence-corrected chi connectivity index (χ2v) is 8.43. The minimum absolute atomic E-state index is 0.181. The number of carbonyl (C=O) groups is 1. The van der Waals surface area contributed by atoms with Gasteiger partial charge in [-0.25, -0.2) is 4.98 Å². The SMILES string of the molecule is Cc1cc(N2CCN(C(=O)CCCOc3ccccc3Cl)CC2)nc2c(C)cccc12. The molecule has 0 aliphatic carbocycles. The maximum absolute atomic E-state index is 12.6.